The van der Waals surface area contributed by atoms with Gasteiger partial charge in [-0.25, -0.2) is 0 Å². The van der Waals surface area contributed by atoms with E-state index in [2.05, 4.69) is 24.9 Å². The molecule has 0 spiro atoms. The highest BCUT2D eigenvalue weighted by atomic mass is 16.2. The summed E-state index contributed by atoms with van der Waals surface area (Å²) in [6.45, 7) is 4.92. The lowest BCUT2D eigenvalue weighted by atomic mass is 10.1. The second-order valence-corrected chi connectivity index (χ2v) is 5.54. The van der Waals surface area contributed by atoms with Crippen molar-refractivity contribution in [1.82, 2.24) is 9.80 Å². The van der Waals surface area contributed by atoms with Gasteiger partial charge in [-0.1, -0.05) is 12.1 Å². The number of benzene rings is 1. The van der Waals surface area contributed by atoms with Crippen molar-refractivity contribution in [2.75, 3.05) is 26.7 Å². The van der Waals surface area contributed by atoms with Gasteiger partial charge in [0.2, 0.25) is 5.91 Å². The van der Waals surface area contributed by atoms with E-state index in [0.29, 0.717) is 12.0 Å². The Balaban J connectivity index is 2.01. The minimum Gasteiger partial charge on any atom is -0.338 e. The maximum absolute atomic E-state index is 12.4. The van der Waals surface area contributed by atoms with Crippen molar-refractivity contribution in [3.05, 3.63) is 35.4 Å². The predicted molar refractivity (Wildman–Crippen MR) is 78.2 cm³/mol. The molecule has 0 N–H and O–H groups in total. The zero-order valence-corrected chi connectivity index (χ0v) is 12.2. The van der Waals surface area contributed by atoms with Crippen molar-refractivity contribution in [2.45, 2.75) is 25.8 Å². The van der Waals surface area contributed by atoms with Crippen LogP contribution in [0.15, 0.2) is 24.3 Å². The van der Waals surface area contributed by atoms with Crippen molar-refractivity contribution in [3.8, 4) is 6.07 Å². The number of hydrogen-bond acceptors (Lipinski definition) is 3. The standard InChI is InChI=1S/C16H21N3O/c1-13-12-18(2)8-3-9-19(13)16(20)10-14-4-6-15(11-17)7-5-14/h4-7,13H,3,8-10,12H2,1-2H3. The summed E-state index contributed by atoms with van der Waals surface area (Å²) in [5.74, 6) is 0.178. The topological polar surface area (TPSA) is 47.3 Å². The van der Waals surface area contributed by atoms with Crippen LogP contribution in [-0.2, 0) is 11.2 Å². The van der Waals surface area contributed by atoms with E-state index in [-0.39, 0.29) is 11.9 Å². The van der Waals surface area contributed by atoms with Crippen LogP contribution in [-0.4, -0.2) is 48.4 Å². The van der Waals surface area contributed by atoms with Gasteiger partial charge in [0.15, 0.2) is 0 Å². The first-order chi connectivity index (χ1) is 9.60. The molecule has 1 aliphatic rings. The molecule has 0 bridgehead atoms. The van der Waals surface area contributed by atoms with Gasteiger partial charge in [0.1, 0.15) is 0 Å². The number of likely N-dealkylation sites (N-methyl/N-ethyl adjacent to an activating group) is 1. The lowest BCUT2D eigenvalue weighted by molar-refractivity contribution is -0.132. The summed E-state index contributed by atoms with van der Waals surface area (Å²) < 4.78 is 0. The molecule has 1 fully saturated rings. The average molecular weight is 271 g/mol. The largest absolute Gasteiger partial charge is 0.338 e. The van der Waals surface area contributed by atoms with E-state index >= 15 is 0 Å². The average Bonchev–Trinajstić information content (AvgIpc) is 2.60. The molecular formula is C16H21N3O. The second-order valence-electron chi connectivity index (χ2n) is 5.54. The summed E-state index contributed by atoms with van der Waals surface area (Å²) in [4.78, 5) is 16.7. The van der Waals surface area contributed by atoms with Gasteiger partial charge in [0.05, 0.1) is 18.1 Å². The molecule has 2 rings (SSSR count). The summed E-state index contributed by atoms with van der Waals surface area (Å²) in [5, 5.41) is 8.78. The molecule has 1 heterocycles. The molecule has 1 saturated heterocycles. The van der Waals surface area contributed by atoms with Crippen molar-refractivity contribution in [3.63, 3.8) is 0 Å². The monoisotopic (exact) mass is 271 g/mol. The Labute approximate surface area is 120 Å². The zero-order chi connectivity index (χ0) is 14.5. The van der Waals surface area contributed by atoms with Crippen molar-refractivity contribution in [2.24, 2.45) is 0 Å². The van der Waals surface area contributed by atoms with Gasteiger partial charge in [0, 0.05) is 19.1 Å². The fourth-order valence-electron chi connectivity index (χ4n) is 2.72. The number of nitrogens with zero attached hydrogens (tertiary/aromatic N) is 3. The van der Waals surface area contributed by atoms with Gasteiger partial charge in [-0.15, -0.1) is 0 Å². The highest BCUT2D eigenvalue weighted by Gasteiger charge is 2.23. The molecular weight excluding hydrogens is 250 g/mol. The molecule has 0 radical (unpaired) electrons. The fraction of sp³-hybridized carbons (Fsp3) is 0.500. The molecule has 0 aliphatic carbocycles. The highest BCUT2D eigenvalue weighted by molar-refractivity contribution is 5.79. The van der Waals surface area contributed by atoms with Crippen LogP contribution in [0.2, 0.25) is 0 Å². The Bertz CT molecular complexity index is 503. The lowest BCUT2D eigenvalue weighted by Gasteiger charge is -2.28. The van der Waals surface area contributed by atoms with Gasteiger partial charge in [-0.3, -0.25) is 4.79 Å². The quantitative estimate of drug-likeness (QED) is 0.822. The summed E-state index contributed by atoms with van der Waals surface area (Å²) in [6, 6.07) is 9.61. The molecule has 1 amide bonds. The summed E-state index contributed by atoms with van der Waals surface area (Å²) in [6.07, 6.45) is 1.44. The maximum atomic E-state index is 12.4. The predicted octanol–water partition coefficient (Wildman–Crippen LogP) is 1.65. The van der Waals surface area contributed by atoms with Gasteiger partial charge in [0.25, 0.3) is 0 Å². The number of carbonyl (C=O) groups excluding carboxylic acids is 1. The van der Waals surface area contributed by atoms with Gasteiger partial charge >= 0.3 is 0 Å². The first kappa shape index (κ1) is 14.5. The van der Waals surface area contributed by atoms with Gasteiger partial charge in [-0.05, 0) is 44.6 Å². The minimum atomic E-state index is 0.178. The summed E-state index contributed by atoms with van der Waals surface area (Å²) in [5.41, 5.74) is 1.60. The van der Waals surface area contributed by atoms with Crippen molar-refractivity contribution >= 4 is 5.91 Å². The first-order valence-electron chi connectivity index (χ1n) is 7.07. The van der Waals surface area contributed by atoms with Crippen LogP contribution in [0.3, 0.4) is 0 Å². The number of amides is 1. The Morgan fingerprint density at radius 2 is 2.05 bits per heavy atom. The third-order valence-corrected chi connectivity index (χ3v) is 3.81. The molecule has 106 valence electrons. The number of carbonyl (C=O) groups is 1. The maximum Gasteiger partial charge on any atom is 0.227 e. The van der Waals surface area contributed by atoms with Crippen molar-refractivity contribution < 1.29 is 4.79 Å². The third kappa shape index (κ3) is 3.58. The van der Waals surface area contributed by atoms with Gasteiger partial charge in [-0.2, -0.15) is 5.26 Å². The van der Waals surface area contributed by atoms with E-state index in [9.17, 15) is 4.79 Å². The number of rotatable bonds is 2. The Kier molecular flexibility index (Phi) is 4.75. The van der Waals surface area contributed by atoms with Crippen LogP contribution in [0, 0.1) is 11.3 Å². The summed E-state index contributed by atoms with van der Waals surface area (Å²) >= 11 is 0. The zero-order valence-electron chi connectivity index (χ0n) is 12.2. The fourth-order valence-corrected chi connectivity index (χ4v) is 2.72. The van der Waals surface area contributed by atoms with Crippen LogP contribution >= 0.6 is 0 Å². The van der Waals surface area contributed by atoms with Crippen molar-refractivity contribution in [1.29, 1.82) is 5.26 Å². The third-order valence-electron chi connectivity index (χ3n) is 3.81. The van der Waals surface area contributed by atoms with E-state index in [4.69, 9.17) is 5.26 Å². The van der Waals surface area contributed by atoms with E-state index in [1.807, 2.05) is 17.0 Å². The molecule has 0 saturated carbocycles. The molecule has 4 heteroatoms. The summed E-state index contributed by atoms with van der Waals surface area (Å²) in [7, 11) is 2.10. The Morgan fingerprint density at radius 1 is 1.35 bits per heavy atom. The normalized spacial score (nSPS) is 20.2. The van der Waals surface area contributed by atoms with E-state index < -0.39 is 0 Å². The molecule has 1 aliphatic heterocycles. The molecule has 1 aromatic rings. The smallest absolute Gasteiger partial charge is 0.227 e. The van der Waals surface area contributed by atoms with Crippen LogP contribution in [0.1, 0.15) is 24.5 Å². The molecule has 1 atom stereocenters. The van der Waals surface area contributed by atoms with Gasteiger partial charge < -0.3 is 9.80 Å². The van der Waals surface area contributed by atoms with Crippen LogP contribution in [0.5, 0.6) is 0 Å². The molecule has 0 aromatic heterocycles. The number of hydrogen-bond donors (Lipinski definition) is 0. The Hall–Kier alpha value is -1.86. The Morgan fingerprint density at radius 3 is 2.70 bits per heavy atom. The van der Waals surface area contributed by atoms with Crippen LogP contribution in [0.25, 0.3) is 0 Å². The highest BCUT2D eigenvalue weighted by Crippen LogP contribution is 2.12. The second kappa shape index (κ2) is 6.53. The number of nitriles is 1. The van der Waals surface area contributed by atoms with Crippen LogP contribution in [0.4, 0.5) is 0 Å². The molecule has 4 nitrogen and oxygen atoms in total. The minimum absolute atomic E-state index is 0.178. The molecule has 1 unspecified atom stereocenters. The van der Waals surface area contributed by atoms with E-state index in [1.54, 1.807) is 12.1 Å². The SMILES string of the molecule is CC1CN(C)CCCN1C(=O)Cc1ccc(C#N)cc1. The first-order valence-corrected chi connectivity index (χ1v) is 7.07. The molecule has 20 heavy (non-hydrogen) atoms. The molecule has 1 aromatic carbocycles. The lowest BCUT2D eigenvalue weighted by Crippen LogP contribution is -2.42. The van der Waals surface area contributed by atoms with Crippen LogP contribution < -0.4 is 0 Å². The van der Waals surface area contributed by atoms with E-state index in [0.717, 1.165) is 31.6 Å². The van der Waals surface area contributed by atoms with E-state index in [1.165, 1.54) is 0 Å².